The molecule has 0 amide bonds. The van der Waals surface area contributed by atoms with Gasteiger partial charge < -0.3 is 25.0 Å². The molecule has 7 nitrogen and oxygen atoms in total. The fourth-order valence-electron chi connectivity index (χ4n) is 4.52. The zero-order valence-corrected chi connectivity index (χ0v) is 19.1. The van der Waals surface area contributed by atoms with Crippen LogP contribution < -0.4 is 9.64 Å². The maximum Gasteiger partial charge on any atom is 0.340 e. The molecule has 2 aromatic rings. The lowest BCUT2D eigenvalue weighted by Crippen LogP contribution is -2.49. The van der Waals surface area contributed by atoms with Crippen LogP contribution in [-0.2, 0) is 19.4 Å². The average molecular weight is 500 g/mol. The van der Waals surface area contributed by atoms with Crippen molar-refractivity contribution in [2.45, 2.75) is 37.8 Å². The van der Waals surface area contributed by atoms with Gasteiger partial charge in [-0.3, -0.25) is 9.47 Å². The van der Waals surface area contributed by atoms with Crippen LogP contribution >= 0.6 is 0 Å². The zero-order valence-electron chi connectivity index (χ0n) is 19.1. The molecule has 2 aliphatic rings. The van der Waals surface area contributed by atoms with Gasteiger partial charge in [0.25, 0.3) is 0 Å². The first kappa shape index (κ1) is 25.2. The normalized spacial score (nSPS) is 17.6. The maximum absolute atomic E-state index is 13.3. The van der Waals surface area contributed by atoms with E-state index in [-0.39, 0.29) is 24.1 Å². The van der Waals surface area contributed by atoms with E-state index in [4.69, 9.17) is 4.74 Å². The highest BCUT2D eigenvalue weighted by molar-refractivity contribution is 5.58. The second kappa shape index (κ2) is 10.4. The van der Waals surface area contributed by atoms with E-state index in [1.165, 1.54) is 10.6 Å². The number of rotatable bonds is 9. The number of aromatic nitrogens is 1. The first-order chi connectivity index (χ1) is 16.7. The number of nitrogens with zero attached hydrogens (tertiary/aromatic N) is 3. The second-order valence-corrected chi connectivity index (χ2v) is 8.85. The van der Waals surface area contributed by atoms with Crippen LogP contribution in [0.15, 0.2) is 36.4 Å². The molecule has 1 aliphatic carbocycles. The lowest BCUT2D eigenvalue weighted by atomic mass is 10.0. The van der Waals surface area contributed by atoms with Crippen molar-refractivity contribution in [1.82, 2.24) is 9.47 Å². The van der Waals surface area contributed by atoms with Crippen molar-refractivity contribution in [2.24, 2.45) is 0 Å². The molecular weight excluding hydrogens is 470 g/mol. The number of aromatic hydroxyl groups is 2. The molecule has 192 valence electrons. The highest BCUT2D eigenvalue weighted by Crippen LogP contribution is 2.37. The number of aliphatic hydroxyl groups is 1. The van der Waals surface area contributed by atoms with Gasteiger partial charge in [0.05, 0.1) is 18.3 Å². The number of aliphatic hydroxyl groups excluding tert-OH is 1. The summed E-state index contributed by atoms with van der Waals surface area (Å²) in [6, 6.07) is 6.47. The molecule has 11 heteroatoms. The SMILES string of the molecule is Oc1c2c(c(O)n1CC(O)CN1CCN(c3ccccc3OCC(F)(F)C(F)F)CC1)CC=CC2. The number of benzene rings is 1. The van der Waals surface area contributed by atoms with E-state index >= 15 is 0 Å². The third kappa shape index (κ3) is 5.51. The average Bonchev–Trinajstić information content (AvgIpc) is 3.08. The van der Waals surface area contributed by atoms with Gasteiger partial charge in [0, 0.05) is 43.9 Å². The van der Waals surface area contributed by atoms with Crippen molar-refractivity contribution in [3.8, 4) is 17.5 Å². The van der Waals surface area contributed by atoms with Gasteiger partial charge >= 0.3 is 12.3 Å². The predicted molar refractivity (Wildman–Crippen MR) is 122 cm³/mol. The summed E-state index contributed by atoms with van der Waals surface area (Å²) in [6.45, 7) is 1.08. The summed E-state index contributed by atoms with van der Waals surface area (Å²) < 4.78 is 57.9. The molecule has 35 heavy (non-hydrogen) atoms. The molecule has 1 atom stereocenters. The van der Waals surface area contributed by atoms with Gasteiger partial charge in [0.1, 0.15) is 5.75 Å². The number of para-hydroxylation sites is 2. The Morgan fingerprint density at radius 3 is 2.11 bits per heavy atom. The van der Waals surface area contributed by atoms with Crippen molar-refractivity contribution in [1.29, 1.82) is 0 Å². The minimum absolute atomic E-state index is 0.0280. The van der Waals surface area contributed by atoms with Gasteiger partial charge in [-0.25, -0.2) is 8.78 Å². The van der Waals surface area contributed by atoms with Crippen LogP contribution in [0, 0.1) is 0 Å². The smallest absolute Gasteiger partial charge is 0.340 e. The number of hydrogen-bond donors (Lipinski definition) is 3. The molecule has 4 rings (SSSR count). The Hall–Kier alpha value is -2.92. The Bertz CT molecular complexity index is 1020. The number of allylic oxidation sites excluding steroid dienone is 2. The van der Waals surface area contributed by atoms with Gasteiger partial charge in [-0.1, -0.05) is 24.3 Å². The molecular formula is C24H29F4N3O4. The van der Waals surface area contributed by atoms with Crippen molar-refractivity contribution < 1.29 is 37.6 Å². The van der Waals surface area contributed by atoms with E-state index < -0.39 is 25.1 Å². The molecule has 3 N–H and O–H groups in total. The summed E-state index contributed by atoms with van der Waals surface area (Å²) in [4.78, 5) is 3.94. The Morgan fingerprint density at radius 1 is 0.914 bits per heavy atom. The lowest BCUT2D eigenvalue weighted by molar-refractivity contribution is -0.148. The molecule has 1 fully saturated rings. The number of anilines is 1. The standard InChI is InChI=1S/C24H29F4N3O4/c25-23(26)24(27,28)15-35-20-8-4-3-7-19(20)30-11-9-29(10-12-30)13-16(32)14-31-21(33)17-5-1-2-6-18(17)22(31)34/h1-4,7-8,16,23,32-34H,5-6,9-15H2. The third-order valence-corrected chi connectivity index (χ3v) is 6.41. The number of β-amino-alcohol motifs (C(OH)–C–C–N with tert-alkyl or cyclic N) is 1. The molecule has 1 aliphatic heterocycles. The summed E-state index contributed by atoms with van der Waals surface area (Å²) in [5.41, 5.74) is 1.90. The number of alkyl halides is 4. The Kier molecular flexibility index (Phi) is 7.46. The molecule has 1 saturated heterocycles. The summed E-state index contributed by atoms with van der Waals surface area (Å²) in [6.07, 6.45) is 0.273. The molecule has 2 heterocycles. The predicted octanol–water partition coefficient (Wildman–Crippen LogP) is 3.02. The van der Waals surface area contributed by atoms with E-state index in [1.807, 2.05) is 22.0 Å². The molecule has 0 spiro atoms. The molecule has 1 aromatic carbocycles. The fraction of sp³-hybridized carbons (Fsp3) is 0.500. The summed E-state index contributed by atoms with van der Waals surface area (Å²) in [5.74, 6) is -4.18. The number of halogens is 4. The van der Waals surface area contributed by atoms with Gasteiger partial charge in [-0.2, -0.15) is 8.78 Å². The summed E-state index contributed by atoms with van der Waals surface area (Å²) in [5, 5.41) is 31.5. The monoisotopic (exact) mass is 499 g/mol. The highest BCUT2D eigenvalue weighted by Gasteiger charge is 2.42. The quantitative estimate of drug-likeness (QED) is 0.364. The minimum atomic E-state index is -4.24. The Morgan fingerprint density at radius 2 is 1.51 bits per heavy atom. The van der Waals surface area contributed by atoms with Crippen LogP contribution in [0.2, 0.25) is 0 Å². The Balaban J connectivity index is 1.32. The van der Waals surface area contributed by atoms with Gasteiger partial charge in [-0.05, 0) is 25.0 Å². The third-order valence-electron chi connectivity index (χ3n) is 6.41. The van der Waals surface area contributed by atoms with Gasteiger partial charge in [-0.15, -0.1) is 0 Å². The van der Waals surface area contributed by atoms with Crippen LogP contribution in [0.25, 0.3) is 0 Å². The number of piperazine rings is 1. The van der Waals surface area contributed by atoms with Crippen molar-refractivity contribution in [3.63, 3.8) is 0 Å². The first-order valence-electron chi connectivity index (χ1n) is 11.5. The van der Waals surface area contributed by atoms with Crippen LogP contribution in [0.1, 0.15) is 11.1 Å². The van der Waals surface area contributed by atoms with Crippen LogP contribution in [-0.4, -0.2) is 82.6 Å². The fourth-order valence-corrected chi connectivity index (χ4v) is 4.52. The number of ether oxygens (including phenoxy) is 1. The zero-order chi connectivity index (χ0) is 25.2. The van der Waals surface area contributed by atoms with Crippen molar-refractivity contribution >= 4 is 5.69 Å². The molecule has 1 aromatic heterocycles. The molecule has 0 radical (unpaired) electrons. The van der Waals surface area contributed by atoms with E-state index in [0.717, 1.165) is 0 Å². The topological polar surface area (TPSA) is 81.3 Å². The van der Waals surface area contributed by atoms with E-state index in [2.05, 4.69) is 0 Å². The maximum atomic E-state index is 13.3. The van der Waals surface area contributed by atoms with Crippen molar-refractivity contribution in [3.05, 3.63) is 47.5 Å². The minimum Gasteiger partial charge on any atom is -0.494 e. The van der Waals surface area contributed by atoms with E-state index in [1.54, 1.807) is 18.2 Å². The van der Waals surface area contributed by atoms with E-state index in [0.29, 0.717) is 62.4 Å². The largest absolute Gasteiger partial charge is 0.494 e. The van der Waals surface area contributed by atoms with Gasteiger partial charge in [0.15, 0.2) is 18.4 Å². The Labute approximate surface area is 200 Å². The van der Waals surface area contributed by atoms with Crippen molar-refractivity contribution in [2.75, 3.05) is 44.2 Å². The van der Waals surface area contributed by atoms with Crippen LogP contribution in [0.5, 0.6) is 17.5 Å². The molecule has 0 saturated carbocycles. The molecule has 1 unspecified atom stereocenters. The van der Waals surface area contributed by atoms with E-state index in [9.17, 15) is 32.9 Å². The molecule has 0 bridgehead atoms. The highest BCUT2D eigenvalue weighted by atomic mass is 19.3. The number of hydrogen-bond acceptors (Lipinski definition) is 6. The first-order valence-corrected chi connectivity index (χ1v) is 11.5. The number of fused-ring (bicyclic) bond motifs is 1. The van der Waals surface area contributed by atoms with Crippen LogP contribution in [0.3, 0.4) is 0 Å². The van der Waals surface area contributed by atoms with Crippen LogP contribution in [0.4, 0.5) is 23.2 Å². The second-order valence-electron chi connectivity index (χ2n) is 8.85. The van der Waals surface area contributed by atoms with Gasteiger partial charge in [0.2, 0.25) is 0 Å². The lowest BCUT2D eigenvalue weighted by Gasteiger charge is -2.37. The summed E-state index contributed by atoms with van der Waals surface area (Å²) >= 11 is 0. The summed E-state index contributed by atoms with van der Waals surface area (Å²) in [7, 11) is 0.